The summed E-state index contributed by atoms with van der Waals surface area (Å²) >= 11 is 3.47. The summed E-state index contributed by atoms with van der Waals surface area (Å²) in [4.78, 5) is 27.9. The zero-order valence-electron chi connectivity index (χ0n) is 19.6. The van der Waals surface area contributed by atoms with Crippen molar-refractivity contribution in [1.29, 1.82) is 0 Å². The average molecular weight is 517 g/mol. The van der Waals surface area contributed by atoms with E-state index in [1.165, 1.54) is 6.42 Å². The van der Waals surface area contributed by atoms with Crippen molar-refractivity contribution in [3.63, 3.8) is 0 Å². The van der Waals surface area contributed by atoms with Gasteiger partial charge >= 0.3 is 0 Å². The average Bonchev–Trinajstić information content (AvgIpc) is 2.83. The largest absolute Gasteiger partial charge is 0.497 e. The number of methoxy groups -OCH3 is 1. The monoisotopic (exact) mass is 516 g/mol. The Morgan fingerprint density at radius 3 is 2.58 bits per heavy atom. The summed E-state index contributed by atoms with van der Waals surface area (Å²) in [6.07, 6.45) is 5.47. The summed E-state index contributed by atoms with van der Waals surface area (Å²) < 4.78 is 12.1. The molecule has 7 heteroatoms. The molecule has 0 spiro atoms. The third-order valence-corrected chi connectivity index (χ3v) is 6.99. The second kappa shape index (κ2) is 12.1. The SMILES string of the molecule is COc1cccc(CN(C(=O)COc2ccc(Br)c(C)c2)[C@H](C)C(=O)NC2CCCCC2)c1. The van der Waals surface area contributed by atoms with Gasteiger partial charge in [-0.15, -0.1) is 0 Å². The van der Waals surface area contributed by atoms with Gasteiger partial charge in [0.05, 0.1) is 7.11 Å². The first-order valence-corrected chi connectivity index (χ1v) is 12.3. The van der Waals surface area contributed by atoms with E-state index in [2.05, 4.69) is 21.2 Å². The minimum Gasteiger partial charge on any atom is -0.497 e. The lowest BCUT2D eigenvalue weighted by Crippen LogP contribution is -2.51. The molecule has 0 radical (unpaired) electrons. The number of halogens is 1. The Morgan fingerprint density at radius 1 is 1.12 bits per heavy atom. The molecule has 1 saturated carbocycles. The fourth-order valence-corrected chi connectivity index (χ4v) is 4.30. The quantitative estimate of drug-likeness (QED) is 0.508. The predicted octanol–water partition coefficient (Wildman–Crippen LogP) is 5.01. The third kappa shape index (κ3) is 7.22. The molecule has 2 aromatic carbocycles. The highest BCUT2D eigenvalue weighted by atomic mass is 79.9. The summed E-state index contributed by atoms with van der Waals surface area (Å²) in [6.45, 7) is 3.88. The lowest BCUT2D eigenvalue weighted by Gasteiger charge is -2.31. The molecule has 1 aliphatic carbocycles. The summed E-state index contributed by atoms with van der Waals surface area (Å²) in [5.41, 5.74) is 1.91. The van der Waals surface area contributed by atoms with Crippen molar-refractivity contribution < 1.29 is 19.1 Å². The lowest BCUT2D eigenvalue weighted by molar-refractivity contribution is -0.142. The number of carbonyl (C=O) groups is 2. The van der Waals surface area contributed by atoms with Gasteiger partial charge in [0, 0.05) is 17.1 Å². The molecule has 2 aromatic rings. The first-order valence-electron chi connectivity index (χ1n) is 11.5. The number of amides is 2. The van der Waals surface area contributed by atoms with Gasteiger partial charge < -0.3 is 19.7 Å². The first kappa shape index (κ1) is 25.1. The van der Waals surface area contributed by atoms with Crippen LogP contribution in [-0.4, -0.2) is 42.5 Å². The Kier molecular flexibility index (Phi) is 9.18. The molecule has 0 aliphatic heterocycles. The molecule has 0 bridgehead atoms. The highest BCUT2D eigenvalue weighted by molar-refractivity contribution is 9.10. The molecule has 1 N–H and O–H groups in total. The number of hydrogen-bond donors (Lipinski definition) is 1. The number of nitrogens with one attached hydrogen (secondary N) is 1. The van der Waals surface area contributed by atoms with Crippen LogP contribution >= 0.6 is 15.9 Å². The molecule has 6 nitrogen and oxygen atoms in total. The molecule has 1 atom stereocenters. The van der Waals surface area contributed by atoms with Gasteiger partial charge in [-0.1, -0.05) is 47.3 Å². The first-order chi connectivity index (χ1) is 15.9. The fraction of sp³-hybridized carbons (Fsp3) is 0.462. The van der Waals surface area contributed by atoms with Crippen LogP contribution in [0.1, 0.15) is 50.2 Å². The maximum absolute atomic E-state index is 13.2. The number of aryl methyl sites for hydroxylation is 1. The highest BCUT2D eigenvalue weighted by Crippen LogP contribution is 2.22. The van der Waals surface area contributed by atoms with E-state index in [-0.39, 0.29) is 31.0 Å². The van der Waals surface area contributed by atoms with Crippen LogP contribution in [0.2, 0.25) is 0 Å². The minimum absolute atomic E-state index is 0.127. The van der Waals surface area contributed by atoms with Crippen LogP contribution in [0.5, 0.6) is 11.5 Å². The Balaban J connectivity index is 1.73. The van der Waals surface area contributed by atoms with Crippen LogP contribution in [0.15, 0.2) is 46.9 Å². The zero-order chi connectivity index (χ0) is 23.8. The molecule has 0 heterocycles. The smallest absolute Gasteiger partial charge is 0.261 e. The van der Waals surface area contributed by atoms with E-state index in [0.717, 1.165) is 41.3 Å². The normalized spacial score (nSPS) is 14.9. The zero-order valence-corrected chi connectivity index (χ0v) is 21.2. The van der Waals surface area contributed by atoms with Crippen LogP contribution in [0.25, 0.3) is 0 Å². The number of nitrogens with zero attached hydrogens (tertiary/aromatic N) is 1. The van der Waals surface area contributed by atoms with Crippen molar-refractivity contribution in [1.82, 2.24) is 10.2 Å². The molecule has 33 heavy (non-hydrogen) atoms. The van der Waals surface area contributed by atoms with E-state index >= 15 is 0 Å². The van der Waals surface area contributed by atoms with E-state index < -0.39 is 6.04 Å². The van der Waals surface area contributed by atoms with Crippen molar-refractivity contribution in [3.05, 3.63) is 58.1 Å². The summed E-state index contributed by atoms with van der Waals surface area (Å²) in [5, 5.41) is 3.15. The number of carbonyl (C=O) groups excluding carboxylic acids is 2. The van der Waals surface area contributed by atoms with Crippen LogP contribution in [0, 0.1) is 6.92 Å². The van der Waals surface area contributed by atoms with Gasteiger partial charge in [-0.25, -0.2) is 0 Å². The molecule has 2 amide bonds. The van der Waals surface area contributed by atoms with Crippen molar-refractivity contribution >= 4 is 27.7 Å². The van der Waals surface area contributed by atoms with Crippen LogP contribution < -0.4 is 14.8 Å². The van der Waals surface area contributed by atoms with E-state index in [0.29, 0.717) is 11.5 Å². The molecule has 178 valence electrons. The molecule has 3 rings (SSSR count). The van der Waals surface area contributed by atoms with E-state index in [4.69, 9.17) is 9.47 Å². The number of hydrogen-bond acceptors (Lipinski definition) is 4. The standard InChI is InChI=1S/C26H33BrN2O4/c1-18-14-23(12-13-24(18)27)33-17-25(30)29(16-20-8-7-11-22(15-20)32-3)19(2)26(31)28-21-9-5-4-6-10-21/h7-8,11-15,19,21H,4-6,9-10,16-17H2,1-3H3,(H,28,31)/t19-/m1/s1. The van der Waals surface area contributed by atoms with E-state index in [9.17, 15) is 9.59 Å². The molecule has 1 fully saturated rings. The fourth-order valence-electron chi connectivity index (χ4n) is 4.05. The van der Waals surface area contributed by atoms with Gasteiger partial charge in [0.15, 0.2) is 6.61 Å². The highest BCUT2D eigenvalue weighted by Gasteiger charge is 2.28. The number of benzene rings is 2. The van der Waals surface area contributed by atoms with Gasteiger partial charge in [0.1, 0.15) is 17.5 Å². The van der Waals surface area contributed by atoms with Gasteiger partial charge in [0.2, 0.25) is 5.91 Å². The number of ether oxygens (including phenoxy) is 2. The second-order valence-corrected chi connectivity index (χ2v) is 9.45. The maximum Gasteiger partial charge on any atom is 0.261 e. The Bertz CT molecular complexity index is 959. The molecule has 1 aliphatic rings. The number of rotatable bonds is 9. The van der Waals surface area contributed by atoms with Gasteiger partial charge in [-0.3, -0.25) is 9.59 Å². The van der Waals surface area contributed by atoms with E-state index in [1.807, 2.05) is 49.4 Å². The van der Waals surface area contributed by atoms with Crippen molar-refractivity contribution in [3.8, 4) is 11.5 Å². The Morgan fingerprint density at radius 2 is 1.88 bits per heavy atom. The third-order valence-electron chi connectivity index (χ3n) is 6.10. The second-order valence-electron chi connectivity index (χ2n) is 8.59. The van der Waals surface area contributed by atoms with E-state index in [1.54, 1.807) is 18.9 Å². The summed E-state index contributed by atoms with van der Waals surface area (Å²) in [5.74, 6) is 0.952. The summed E-state index contributed by atoms with van der Waals surface area (Å²) in [7, 11) is 1.61. The van der Waals surface area contributed by atoms with Crippen LogP contribution in [-0.2, 0) is 16.1 Å². The van der Waals surface area contributed by atoms with Crippen molar-refractivity contribution in [2.75, 3.05) is 13.7 Å². The van der Waals surface area contributed by atoms with Crippen LogP contribution in [0.3, 0.4) is 0 Å². The molecule has 0 saturated heterocycles. The summed E-state index contributed by atoms with van der Waals surface area (Å²) in [6, 6.07) is 12.7. The molecule has 0 aromatic heterocycles. The lowest BCUT2D eigenvalue weighted by atomic mass is 9.95. The molecular weight excluding hydrogens is 484 g/mol. The van der Waals surface area contributed by atoms with Gasteiger partial charge in [-0.2, -0.15) is 0 Å². The van der Waals surface area contributed by atoms with Crippen molar-refractivity contribution in [2.45, 2.75) is 64.6 Å². The Hall–Kier alpha value is -2.54. The maximum atomic E-state index is 13.2. The molecular formula is C26H33BrN2O4. The topological polar surface area (TPSA) is 67.9 Å². The minimum atomic E-state index is -0.624. The van der Waals surface area contributed by atoms with Gasteiger partial charge in [-0.05, 0) is 68.1 Å². The van der Waals surface area contributed by atoms with Crippen LogP contribution in [0.4, 0.5) is 0 Å². The van der Waals surface area contributed by atoms with Crippen molar-refractivity contribution in [2.24, 2.45) is 0 Å². The molecule has 0 unspecified atom stereocenters. The van der Waals surface area contributed by atoms with Gasteiger partial charge in [0.25, 0.3) is 5.91 Å². The Labute approximate surface area is 204 Å². The predicted molar refractivity (Wildman–Crippen MR) is 132 cm³/mol.